The second kappa shape index (κ2) is 9.58. The molecule has 2 atom stereocenters. The van der Waals surface area contributed by atoms with Gasteiger partial charge in [-0.2, -0.15) is 5.10 Å². The maximum absolute atomic E-state index is 14.6. The van der Waals surface area contributed by atoms with Gasteiger partial charge < -0.3 is 10.2 Å². The SMILES string of the molecule is CN(C)[C@H](CNC(=O)C[C@H](c1cccnc1)C1(C(C)(F)F)CC1)Cc1ccc2[nH]ncc2c1Cl. The number of carbonyl (C=O) groups excluding carboxylic acids is 1. The highest BCUT2D eigenvalue weighted by molar-refractivity contribution is 6.36. The van der Waals surface area contributed by atoms with E-state index in [1.807, 2.05) is 31.1 Å². The first kappa shape index (κ1) is 24.5. The van der Waals surface area contributed by atoms with Crippen molar-refractivity contribution in [2.75, 3.05) is 20.6 Å². The predicted octanol–water partition coefficient (Wildman–Crippen LogP) is 4.81. The Bertz CT molecular complexity index is 1140. The maximum atomic E-state index is 14.6. The van der Waals surface area contributed by atoms with Crippen molar-refractivity contribution in [2.45, 2.75) is 50.5 Å². The number of fused-ring (bicyclic) bond motifs is 1. The van der Waals surface area contributed by atoms with Crippen molar-refractivity contribution >= 4 is 28.4 Å². The lowest BCUT2D eigenvalue weighted by atomic mass is 9.77. The van der Waals surface area contributed by atoms with Crippen molar-refractivity contribution in [1.29, 1.82) is 0 Å². The van der Waals surface area contributed by atoms with Crippen LogP contribution in [0, 0.1) is 5.41 Å². The molecule has 1 aromatic carbocycles. The Morgan fingerprint density at radius 1 is 1.29 bits per heavy atom. The molecule has 2 heterocycles. The number of hydrogen-bond donors (Lipinski definition) is 2. The fourth-order valence-electron chi connectivity index (χ4n) is 4.81. The van der Waals surface area contributed by atoms with Crippen LogP contribution >= 0.6 is 11.6 Å². The third-order valence-corrected chi connectivity index (χ3v) is 7.61. The molecule has 6 nitrogen and oxygen atoms in total. The third-order valence-electron chi connectivity index (χ3n) is 7.17. The molecule has 4 rings (SSSR count). The average Bonchev–Trinajstić information content (AvgIpc) is 3.47. The minimum absolute atomic E-state index is 0.00297. The number of rotatable bonds is 10. The van der Waals surface area contributed by atoms with Crippen LogP contribution in [0.4, 0.5) is 8.78 Å². The Kier molecular flexibility index (Phi) is 6.92. The number of nitrogens with zero attached hydrogens (tertiary/aromatic N) is 3. The molecule has 9 heteroatoms. The van der Waals surface area contributed by atoms with E-state index in [-0.39, 0.29) is 18.4 Å². The minimum Gasteiger partial charge on any atom is -0.355 e. The van der Waals surface area contributed by atoms with Crippen molar-refractivity contribution in [2.24, 2.45) is 5.41 Å². The van der Waals surface area contributed by atoms with Crippen LogP contribution < -0.4 is 5.32 Å². The predicted molar refractivity (Wildman–Crippen MR) is 129 cm³/mol. The fourth-order valence-corrected chi connectivity index (χ4v) is 5.10. The molecule has 1 aliphatic rings. The average molecular weight is 490 g/mol. The summed E-state index contributed by atoms with van der Waals surface area (Å²) < 4.78 is 29.1. The summed E-state index contributed by atoms with van der Waals surface area (Å²) in [5.74, 6) is -3.70. The highest BCUT2D eigenvalue weighted by Crippen LogP contribution is 2.65. The number of amides is 1. The van der Waals surface area contributed by atoms with Gasteiger partial charge in [0.1, 0.15) is 0 Å². The Morgan fingerprint density at radius 2 is 2.06 bits per heavy atom. The Morgan fingerprint density at radius 3 is 2.68 bits per heavy atom. The lowest BCUT2D eigenvalue weighted by Gasteiger charge is -2.32. The number of aromatic nitrogens is 3. The minimum atomic E-state index is -2.87. The molecule has 1 aliphatic carbocycles. The van der Waals surface area contributed by atoms with Crippen LogP contribution in [0.25, 0.3) is 10.9 Å². The lowest BCUT2D eigenvalue weighted by molar-refractivity contribution is -0.123. The zero-order valence-corrected chi connectivity index (χ0v) is 20.4. The Hall–Kier alpha value is -2.58. The van der Waals surface area contributed by atoms with E-state index < -0.39 is 17.3 Å². The lowest BCUT2D eigenvalue weighted by Crippen LogP contribution is -2.43. The molecular formula is C25H30ClF2N5O. The number of carbonyl (C=O) groups is 1. The van der Waals surface area contributed by atoms with Gasteiger partial charge in [0.25, 0.3) is 5.92 Å². The highest BCUT2D eigenvalue weighted by Gasteiger charge is 2.63. The number of aromatic amines is 1. The highest BCUT2D eigenvalue weighted by atomic mass is 35.5. The van der Waals surface area contributed by atoms with Crippen LogP contribution in [0.3, 0.4) is 0 Å². The number of hydrogen-bond acceptors (Lipinski definition) is 4. The van der Waals surface area contributed by atoms with Crippen LogP contribution in [0.2, 0.25) is 5.02 Å². The van der Waals surface area contributed by atoms with Crippen LogP contribution in [0.1, 0.15) is 43.2 Å². The van der Waals surface area contributed by atoms with E-state index in [4.69, 9.17) is 11.6 Å². The number of halogens is 3. The molecule has 2 aromatic heterocycles. The smallest absolute Gasteiger partial charge is 0.251 e. The van der Waals surface area contributed by atoms with Gasteiger partial charge in [-0.3, -0.25) is 14.9 Å². The Balaban J connectivity index is 1.45. The number of pyridine rings is 1. The zero-order chi connectivity index (χ0) is 24.5. The van der Waals surface area contributed by atoms with Crippen molar-refractivity contribution in [3.63, 3.8) is 0 Å². The van der Waals surface area contributed by atoms with Crippen LogP contribution in [-0.4, -0.2) is 58.6 Å². The van der Waals surface area contributed by atoms with E-state index in [0.717, 1.165) is 23.4 Å². The molecular weight excluding hydrogens is 460 g/mol. The molecule has 0 spiro atoms. The molecule has 34 heavy (non-hydrogen) atoms. The summed E-state index contributed by atoms with van der Waals surface area (Å²) in [7, 11) is 3.88. The summed E-state index contributed by atoms with van der Waals surface area (Å²) in [6, 6.07) is 7.39. The molecule has 0 radical (unpaired) electrons. The summed E-state index contributed by atoms with van der Waals surface area (Å²) in [5, 5.41) is 11.4. The van der Waals surface area contributed by atoms with E-state index in [2.05, 4.69) is 20.5 Å². The van der Waals surface area contributed by atoms with Gasteiger partial charge in [-0.25, -0.2) is 8.78 Å². The molecule has 1 amide bonds. The molecule has 3 aromatic rings. The largest absolute Gasteiger partial charge is 0.355 e. The van der Waals surface area contributed by atoms with Gasteiger partial charge in [-0.1, -0.05) is 23.7 Å². The topological polar surface area (TPSA) is 73.9 Å². The van der Waals surface area contributed by atoms with Crippen LogP contribution in [0.15, 0.2) is 42.9 Å². The summed E-state index contributed by atoms with van der Waals surface area (Å²) >= 11 is 6.59. The van der Waals surface area contributed by atoms with Gasteiger partial charge in [0.15, 0.2) is 0 Å². The zero-order valence-electron chi connectivity index (χ0n) is 19.6. The van der Waals surface area contributed by atoms with Gasteiger partial charge in [0.2, 0.25) is 5.91 Å². The van der Waals surface area contributed by atoms with Gasteiger partial charge in [-0.05, 0) is 63.5 Å². The van der Waals surface area contributed by atoms with E-state index >= 15 is 0 Å². The van der Waals surface area contributed by atoms with E-state index in [9.17, 15) is 13.6 Å². The number of benzene rings is 1. The van der Waals surface area contributed by atoms with E-state index in [1.54, 1.807) is 30.7 Å². The van der Waals surface area contributed by atoms with E-state index in [0.29, 0.717) is 36.4 Å². The van der Waals surface area contributed by atoms with Crippen LogP contribution in [-0.2, 0) is 11.2 Å². The van der Waals surface area contributed by atoms with Gasteiger partial charge in [-0.15, -0.1) is 0 Å². The number of nitrogens with one attached hydrogen (secondary N) is 2. The summed E-state index contributed by atoms with van der Waals surface area (Å²) in [6.07, 6.45) is 6.33. The first-order valence-electron chi connectivity index (χ1n) is 11.4. The molecule has 0 bridgehead atoms. The second-order valence-corrected chi connectivity index (χ2v) is 9.96. The molecule has 0 unspecified atom stereocenters. The van der Waals surface area contributed by atoms with Crippen LogP contribution in [0.5, 0.6) is 0 Å². The number of alkyl halides is 2. The summed E-state index contributed by atoms with van der Waals surface area (Å²) in [5.41, 5.74) is 1.31. The molecule has 2 N–H and O–H groups in total. The molecule has 182 valence electrons. The quantitative estimate of drug-likeness (QED) is 0.428. The number of H-pyrrole nitrogens is 1. The van der Waals surface area contributed by atoms with Gasteiger partial charge >= 0.3 is 0 Å². The van der Waals surface area contributed by atoms with Gasteiger partial charge in [0, 0.05) is 48.1 Å². The monoisotopic (exact) mass is 489 g/mol. The number of likely N-dealkylation sites (N-methyl/N-ethyl adjacent to an activating group) is 1. The summed E-state index contributed by atoms with van der Waals surface area (Å²) in [6.45, 7) is 1.34. The maximum Gasteiger partial charge on any atom is 0.251 e. The fraction of sp³-hybridized carbons (Fsp3) is 0.480. The van der Waals surface area contributed by atoms with Crippen molar-refractivity contribution in [3.8, 4) is 0 Å². The molecule has 1 fully saturated rings. The first-order valence-corrected chi connectivity index (χ1v) is 11.8. The molecule has 0 aliphatic heterocycles. The Labute approximate surface area is 203 Å². The van der Waals surface area contributed by atoms with E-state index in [1.165, 1.54) is 0 Å². The van der Waals surface area contributed by atoms with Gasteiger partial charge in [0.05, 0.1) is 16.7 Å². The standard InChI is InChI=1S/C25H30ClF2N5O/c1-24(27,28)25(8-9-25)20(17-5-4-10-29-13-17)12-22(34)30-14-18(33(2)3)11-16-6-7-21-19(23(16)26)15-31-32-21/h4-7,10,13,15,18,20H,8-9,11-12,14H2,1-3H3,(H,30,34)(H,31,32)/t18-,20+/m0/s1. The molecule has 0 saturated heterocycles. The second-order valence-electron chi connectivity index (χ2n) is 9.58. The van der Waals surface area contributed by atoms with Crippen molar-refractivity contribution in [1.82, 2.24) is 25.4 Å². The molecule has 1 saturated carbocycles. The first-order chi connectivity index (χ1) is 16.1. The third kappa shape index (κ3) is 4.93. The summed E-state index contributed by atoms with van der Waals surface area (Å²) in [4.78, 5) is 19.1. The van der Waals surface area contributed by atoms with Crippen molar-refractivity contribution < 1.29 is 13.6 Å². The normalized spacial score (nSPS) is 17.0. The van der Waals surface area contributed by atoms with Crippen molar-refractivity contribution in [3.05, 3.63) is 59.0 Å².